The third-order valence-electron chi connectivity index (χ3n) is 3.27. The molecule has 0 saturated heterocycles. The van der Waals surface area contributed by atoms with Crippen molar-refractivity contribution in [1.29, 1.82) is 0 Å². The standard InChI is InChI=1S/C17H29N3O/c1-6-10-20(12-14-8-7-9-15(18)11-14)13(2)16(21)19-17(3,4)5/h7-9,11,13H,6,10,12,18H2,1-5H3,(H,19,21). The van der Waals surface area contributed by atoms with Gasteiger partial charge in [0.1, 0.15) is 0 Å². The highest BCUT2D eigenvalue weighted by molar-refractivity contribution is 5.81. The molecule has 0 aliphatic rings. The Morgan fingerprint density at radius 1 is 1.38 bits per heavy atom. The van der Waals surface area contributed by atoms with E-state index in [0.717, 1.165) is 30.8 Å². The lowest BCUT2D eigenvalue weighted by atomic mass is 10.1. The molecule has 0 bridgehead atoms. The summed E-state index contributed by atoms with van der Waals surface area (Å²) in [6.45, 7) is 11.7. The van der Waals surface area contributed by atoms with Gasteiger partial charge in [-0.3, -0.25) is 9.69 Å². The Labute approximate surface area is 128 Å². The van der Waals surface area contributed by atoms with Crippen LogP contribution >= 0.6 is 0 Å². The maximum atomic E-state index is 12.4. The van der Waals surface area contributed by atoms with Gasteiger partial charge in [0.05, 0.1) is 6.04 Å². The molecule has 1 aromatic rings. The van der Waals surface area contributed by atoms with Gasteiger partial charge in [0.15, 0.2) is 0 Å². The Morgan fingerprint density at radius 3 is 2.57 bits per heavy atom. The van der Waals surface area contributed by atoms with Gasteiger partial charge in [-0.2, -0.15) is 0 Å². The van der Waals surface area contributed by atoms with Crippen LogP contribution in [0.1, 0.15) is 46.6 Å². The van der Waals surface area contributed by atoms with Crippen LogP contribution in [0, 0.1) is 0 Å². The summed E-state index contributed by atoms with van der Waals surface area (Å²) in [5.41, 5.74) is 7.52. The molecule has 1 aromatic carbocycles. The van der Waals surface area contributed by atoms with E-state index >= 15 is 0 Å². The summed E-state index contributed by atoms with van der Waals surface area (Å²) in [4.78, 5) is 14.5. The number of carbonyl (C=O) groups excluding carboxylic acids is 1. The van der Waals surface area contributed by atoms with Crippen molar-refractivity contribution in [3.8, 4) is 0 Å². The van der Waals surface area contributed by atoms with Crippen molar-refractivity contribution in [3.63, 3.8) is 0 Å². The monoisotopic (exact) mass is 291 g/mol. The SMILES string of the molecule is CCCN(Cc1cccc(N)c1)C(C)C(=O)NC(C)(C)C. The number of nitrogens with two attached hydrogens (primary N) is 1. The molecule has 0 spiro atoms. The van der Waals surface area contributed by atoms with Crippen molar-refractivity contribution in [2.24, 2.45) is 0 Å². The predicted octanol–water partition coefficient (Wildman–Crippen LogP) is 2.78. The number of benzene rings is 1. The van der Waals surface area contributed by atoms with Crippen LogP contribution in [0.25, 0.3) is 0 Å². The van der Waals surface area contributed by atoms with Gasteiger partial charge in [-0.1, -0.05) is 19.1 Å². The highest BCUT2D eigenvalue weighted by atomic mass is 16.2. The number of carbonyl (C=O) groups is 1. The van der Waals surface area contributed by atoms with Crippen LogP contribution in [-0.4, -0.2) is 28.9 Å². The third-order valence-corrected chi connectivity index (χ3v) is 3.27. The fourth-order valence-corrected chi connectivity index (χ4v) is 2.26. The topological polar surface area (TPSA) is 58.4 Å². The Bertz CT molecular complexity index is 465. The van der Waals surface area contributed by atoms with E-state index in [0.29, 0.717) is 0 Å². The molecule has 1 amide bonds. The van der Waals surface area contributed by atoms with Crippen molar-refractivity contribution < 1.29 is 4.79 Å². The predicted molar refractivity (Wildman–Crippen MR) is 88.9 cm³/mol. The van der Waals surface area contributed by atoms with E-state index in [1.54, 1.807) is 0 Å². The number of rotatable bonds is 6. The van der Waals surface area contributed by atoms with E-state index < -0.39 is 0 Å². The number of anilines is 1. The van der Waals surface area contributed by atoms with Crippen LogP contribution in [-0.2, 0) is 11.3 Å². The summed E-state index contributed by atoms with van der Waals surface area (Å²) in [6, 6.07) is 7.69. The molecular formula is C17H29N3O. The second kappa shape index (κ2) is 7.46. The van der Waals surface area contributed by atoms with Crippen molar-refractivity contribution >= 4 is 11.6 Å². The minimum atomic E-state index is -0.208. The van der Waals surface area contributed by atoms with E-state index in [-0.39, 0.29) is 17.5 Å². The van der Waals surface area contributed by atoms with Gasteiger partial charge in [-0.15, -0.1) is 0 Å². The number of hydrogen-bond donors (Lipinski definition) is 2. The molecular weight excluding hydrogens is 262 g/mol. The smallest absolute Gasteiger partial charge is 0.237 e. The average molecular weight is 291 g/mol. The van der Waals surface area contributed by atoms with E-state index in [2.05, 4.69) is 17.1 Å². The summed E-state index contributed by atoms with van der Waals surface area (Å²) in [6.07, 6.45) is 1.01. The first kappa shape index (κ1) is 17.5. The molecule has 0 radical (unpaired) electrons. The Hall–Kier alpha value is -1.55. The maximum absolute atomic E-state index is 12.4. The quantitative estimate of drug-likeness (QED) is 0.792. The minimum absolute atomic E-state index is 0.0693. The molecule has 0 fully saturated rings. The second-order valence-electron chi connectivity index (χ2n) is 6.63. The molecule has 4 heteroatoms. The van der Waals surface area contributed by atoms with Crippen molar-refractivity contribution in [3.05, 3.63) is 29.8 Å². The van der Waals surface area contributed by atoms with Crippen LogP contribution in [0.5, 0.6) is 0 Å². The van der Waals surface area contributed by atoms with Crippen LogP contribution < -0.4 is 11.1 Å². The molecule has 21 heavy (non-hydrogen) atoms. The normalized spacial score (nSPS) is 13.2. The maximum Gasteiger partial charge on any atom is 0.237 e. The number of amides is 1. The van der Waals surface area contributed by atoms with Gasteiger partial charge in [0.25, 0.3) is 0 Å². The van der Waals surface area contributed by atoms with Gasteiger partial charge >= 0.3 is 0 Å². The average Bonchev–Trinajstić information content (AvgIpc) is 2.35. The van der Waals surface area contributed by atoms with Crippen LogP contribution in [0.3, 0.4) is 0 Å². The fraction of sp³-hybridized carbons (Fsp3) is 0.588. The zero-order chi connectivity index (χ0) is 16.0. The lowest BCUT2D eigenvalue weighted by Gasteiger charge is -2.31. The summed E-state index contributed by atoms with van der Waals surface area (Å²) in [5, 5.41) is 3.05. The zero-order valence-corrected chi connectivity index (χ0v) is 13.9. The van der Waals surface area contributed by atoms with E-state index in [1.807, 2.05) is 52.0 Å². The highest BCUT2D eigenvalue weighted by Gasteiger charge is 2.24. The first-order valence-corrected chi connectivity index (χ1v) is 7.63. The van der Waals surface area contributed by atoms with Gasteiger partial charge in [-0.25, -0.2) is 0 Å². The number of nitrogens with zero attached hydrogens (tertiary/aromatic N) is 1. The molecule has 118 valence electrons. The first-order chi connectivity index (χ1) is 9.73. The lowest BCUT2D eigenvalue weighted by molar-refractivity contribution is -0.127. The van der Waals surface area contributed by atoms with Crippen LogP contribution in [0.4, 0.5) is 5.69 Å². The Morgan fingerprint density at radius 2 is 2.05 bits per heavy atom. The highest BCUT2D eigenvalue weighted by Crippen LogP contribution is 2.13. The van der Waals surface area contributed by atoms with Crippen LogP contribution in [0.2, 0.25) is 0 Å². The molecule has 0 heterocycles. The molecule has 0 aromatic heterocycles. The summed E-state index contributed by atoms with van der Waals surface area (Å²) in [5.74, 6) is 0.0693. The summed E-state index contributed by atoms with van der Waals surface area (Å²) < 4.78 is 0. The largest absolute Gasteiger partial charge is 0.399 e. The number of nitrogens with one attached hydrogen (secondary N) is 1. The number of nitrogen functional groups attached to an aromatic ring is 1. The molecule has 1 atom stereocenters. The minimum Gasteiger partial charge on any atom is -0.399 e. The Balaban J connectivity index is 2.78. The van der Waals surface area contributed by atoms with Gasteiger partial charge in [0.2, 0.25) is 5.91 Å². The summed E-state index contributed by atoms with van der Waals surface area (Å²) in [7, 11) is 0. The van der Waals surface area contributed by atoms with Crippen molar-refractivity contribution in [2.45, 2.75) is 59.2 Å². The number of hydrogen-bond acceptors (Lipinski definition) is 3. The van der Waals surface area contributed by atoms with Crippen LogP contribution in [0.15, 0.2) is 24.3 Å². The summed E-state index contributed by atoms with van der Waals surface area (Å²) >= 11 is 0. The fourth-order valence-electron chi connectivity index (χ4n) is 2.26. The molecule has 0 aliphatic heterocycles. The molecule has 1 rings (SSSR count). The van der Waals surface area contributed by atoms with Gasteiger partial charge < -0.3 is 11.1 Å². The van der Waals surface area contributed by atoms with E-state index in [4.69, 9.17) is 5.73 Å². The third kappa shape index (κ3) is 6.17. The first-order valence-electron chi connectivity index (χ1n) is 7.63. The van der Waals surface area contributed by atoms with E-state index in [1.165, 1.54) is 0 Å². The second-order valence-corrected chi connectivity index (χ2v) is 6.63. The van der Waals surface area contributed by atoms with Crippen molar-refractivity contribution in [1.82, 2.24) is 10.2 Å². The van der Waals surface area contributed by atoms with E-state index in [9.17, 15) is 4.79 Å². The van der Waals surface area contributed by atoms with Crippen molar-refractivity contribution in [2.75, 3.05) is 12.3 Å². The molecule has 3 N–H and O–H groups in total. The lowest BCUT2D eigenvalue weighted by Crippen LogP contribution is -2.50. The molecule has 1 unspecified atom stereocenters. The molecule has 4 nitrogen and oxygen atoms in total. The molecule has 0 saturated carbocycles. The Kier molecular flexibility index (Phi) is 6.21. The van der Waals surface area contributed by atoms with Gasteiger partial charge in [-0.05, 0) is 58.4 Å². The van der Waals surface area contributed by atoms with Gasteiger partial charge in [0, 0.05) is 17.8 Å². The zero-order valence-electron chi connectivity index (χ0n) is 13.9. The molecule has 0 aliphatic carbocycles.